The first kappa shape index (κ1) is 11.9. The van der Waals surface area contributed by atoms with Crippen molar-refractivity contribution in [3.8, 4) is 0 Å². The number of rotatable bonds is 4. The second-order valence-corrected chi connectivity index (χ2v) is 4.61. The molecule has 0 amide bonds. The van der Waals surface area contributed by atoms with Gasteiger partial charge in [0.05, 0.1) is 17.9 Å². The summed E-state index contributed by atoms with van der Waals surface area (Å²) in [5.74, 6) is 1.05. The molecular formula is C13H16N6. The largest absolute Gasteiger partial charge is 0.338 e. The summed E-state index contributed by atoms with van der Waals surface area (Å²) >= 11 is 0. The lowest BCUT2D eigenvalue weighted by Crippen LogP contribution is -2.12. The highest BCUT2D eigenvalue weighted by atomic mass is 15.2. The first-order valence-electron chi connectivity index (χ1n) is 6.25. The Bertz CT molecular complexity index is 683. The van der Waals surface area contributed by atoms with Gasteiger partial charge in [-0.1, -0.05) is 0 Å². The zero-order valence-electron chi connectivity index (χ0n) is 10.8. The monoisotopic (exact) mass is 256 g/mol. The fourth-order valence-electron chi connectivity index (χ4n) is 2.22. The molecule has 0 fully saturated rings. The third-order valence-corrected chi connectivity index (χ3v) is 3.35. The average molecular weight is 256 g/mol. The minimum atomic E-state index is -0.0570. The second kappa shape index (κ2) is 4.81. The van der Waals surface area contributed by atoms with Crippen molar-refractivity contribution in [2.75, 3.05) is 0 Å². The van der Waals surface area contributed by atoms with Gasteiger partial charge >= 0.3 is 0 Å². The average Bonchev–Trinajstić information content (AvgIpc) is 3.02. The molecule has 0 radical (unpaired) electrons. The summed E-state index contributed by atoms with van der Waals surface area (Å²) in [6.07, 6.45) is 12.6. The number of hydrogen-bond donors (Lipinski definition) is 1. The standard InChI is InChI=1S/C13H16N6/c1-18-6-5-16-13(18)3-2-11(14)10-8-17-19-7-4-15-9-12(10)19/h4-9,11H,2-3,14H2,1H3. The molecule has 6 nitrogen and oxygen atoms in total. The van der Waals surface area contributed by atoms with Gasteiger partial charge in [-0.15, -0.1) is 0 Å². The normalized spacial score (nSPS) is 12.9. The van der Waals surface area contributed by atoms with Crippen molar-refractivity contribution in [1.29, 1.82) is 0 Å². The lowest BCUT2D eigenvalue weighted by atomic mass is 10.0. The van der Waals surface area contributed by atoms with Crippen molar-refractivity contribution in [1.82, 2.24) is 24.1 Å². The predicted octanol–water partition coefficient (Wildman–Crippen LogP) is 1.10. The number of imidazole rings is 1. The molecule has 1 atom stereocenters. The van der Waals surface area contributed by atoms with E-state index in [1.165, 1.54) is 0 Å². The summed E-state index contributed by atoms with van der Waals surface area (Å²) in [6.45, 7) is 0. The van der Waals surface area contributed by atoms with E-state index in [0.717, 1.165) is 29.7 Å². The Morgan fingerprint density at radius 2 is 2.16 bits per heavy atom. The Hall–Kier alpha value is -2.21. The van der Waals surface area contributed by atoms with E-state index in [-0.39, 0.29) is 6.04 Å². The van der Waals surface area contributed by atoms with Crippen molar-refractivity contribution in [2.45, 2.75) is 18.9 Å². The van der Waals surface area contributed by atoms with Gasteiger partial charge < -0.3 is 10.3 Å². The van der Waals surface area contributed by atoms with Crippen molar-refractivity contribution in [3.63, 3.8) is 0 Å². The Morgan fingerprint density at radius 3 is 2.95 bits per heavy atom. The van der Waals surface area contributed by atoms with Gasteiger partial charge in [0.2, 0.25) is 0 Å². The molecule has 0 bridgehead atoms. The number of hydrogen-bond acceptors (Lipinski definition) is 4. The van der Waals surface area contributed by atoms with Crippen molar-refractivity contribution in [3.05, 3.63) is 48.6 Å². The van der Waals surface area contributed by atoms with Gasteiger partial charge in [0.25, 0.3) is 0 Å². The van der Waals surface area contributed by atoms with Crippen LogP contribution < -0.4 is 5.73 Å². The van der Waals surface area contributed by atoms with Crippen molar-refractivity contribution >= 4 is 5.52 Å². The van der Waals surface area contributed by atoms with Crippen LogP contribution in [0.2, 0.25) is 0 Å². The van der Waals surface area contributed by atoms with Crippen LogP contribution in [-0.2, 0) is 13.5 Å². The minimum Gasteiger partial charge on any atom is -0.338 e. The van der Waals surface area contributed by atoms with Crippen LogP contribution in [0.1, 0.15) is 23.9 Å². The quantitative estimate of drug-likeness (QED) is 0.758. The van der Waals surface area contributed by atoms with E-state index < -0.39 is 0 Å². The molecule has 19 heavy (non-hydrogen) atoms. The molecular weight excluding hydrogens is 240 g/mol. The number of aryl methyl sites for hydroxylation is 2. The summed E-state index contributed by atoms with van der Waals surface area (Å²) in [5.41, 5.74) is 8.25. The molecule has 0 saturated carbocycles. The van der Waals surface area contributed by atoms with E-state index in [2.05, 4.69) is 15.1 Å². The smallest absolute Gasteiger partial charge is 0.108 e. The molecule has 0 aliphatic heterocycles. The maximum Gasteiger partial charge on any atom is 0.108 e. The molecule has 0 aliphatic rings. The third kappa shape index (κ3) is 2.22. The molecule has 0 saturated heterocycles. The zero-order valence-corrected chi connectivity index (χ0v) is 10.8. The molecule has 0 aromatic carbocycles. The van der Waals surface area contributed by atoms with Gasteiger partial charge in [0.1, 0.15) is 5.82 Å². The van der Waals surface area contributed by atoms with E-state index in [0.29, 0.717) is 0 Å². The highest BCUT2D eigenvalue weighted by molar-refractivity contribution is 5.53. The van der Waals surface area contributed by atoms with Gasteiger partial charge in [-0.2, -0.15) is 5.10 Å². The maximum absolute atomic E-state index is 6.25. The van der Waals surface area contributed by atoms with Crippen LogP contribution in [0.4, 0.5) is 0 Å². The fourth-order valence-corrected chi connectivity index (χ4v) is 2.22. The van der Waals surface area contributed by atoms with Gasteiger partial charge in [-0.25, -0.2) is 9.50 Å². The maximum atomic E-state index is 6.25. The summed E-state index contributed by atoms with van der Waals surface area (Å²) in [6, 6.07) is -0.0570. The van der Waals surface area contributed by atoms with Crippen LogP contribution in [-0.4, -0.2) is 24.1 Å². The molecule has 6 heteroatoms. The summed E-state index contributed by atoms with van der Waals surface area (Å²) in [7, 11) is 1.99. The predicted molar refractivity (Wildman–Crippen MR) is 71.4 cm³/mol. The van der Waals surface area contributed by atoms with Crippen LogP contribution in [0, 0.1) is 0 Å². The molecule has 0 spiro atoms. The van der Waals surface area contributed by atoms with E-state index in [9.17, 15) is 0 Å². The lowest BCUT2D eigenvalue weighted by molar-refractivity contribution is 0.624. The topological polar surface area (TPSA) is 74.0 Å². The van der Waals surface area contributed by atoms with Crippen LogP contribution in [0.25, 0.3) is 5.52 Å². The summed E-state index contributed by atoms with van der Waals surface area (Å²) in [4.78, 5) is 8.43. The molecule has 0 aliphatic carbocycles. The summed E-state index contributed by atoms with van der Waals surface area (Å²) in [5, 5.41) is 4.28. The van der Waals surface area contributed by atoms with E-state index >= 15 is 0 Å². The van der Waals surface area contributed by atoms with E-state index in [1.807, 2.05) is 30.2 Å². The third-order valence-electron chi connectivity index (χ3n) is 3.35. The zero-order chi connectivity index (χ0) is 13.2. The van der Waals surface area contributed by atoms with E-state index in [4.69, 9.17) is 5.73 Å². The van der Waals surface area contributed by atoms with Crippen molar-refractivity contribution in [2.24, 2.45) is 12.8 Å². The van der Waals surface area contributed by atoms with Gasteiger partial charge in [-0.3, -0.25) is 4.98 Å². The molecule has 3 rings (SSSR count). The lowest BCUT2D eigenvalue weighted by Gasteiger charge is -2.10. The van der Waals surface area contributed by atoms with Crippen LogP contribution >= 0.6 is 0 Å². The Balaban J connectivity index is 1.77. The SMILES string of the molecule is Cn1ccnc1CCC(N)c1cnn2ccncc12. The fraction of sp³-hybridized carbons (Fsp3) is 0.308. The number of aromatic nitrogens is 5. The molecule has 3 aromatic rings. The van der Waals surface area contributed by atoms with Gasteiger partial charge in [-0.05, 0) is 6.42 Å². The molecule has 98 valence electrons. The summed E-state index contributed by atoms with van der Waals surface area (Å²) < 4.78 is 3.81. The van der Waals surface area contributed by atoms with Crippen molar-refractivity contribution < 1.29 is 0 Å². The molecule has 2 N–H and O–H groups in total. The second-order valence-electron chi connectivity index (χ2n) is 4.61. The first-order chi connectivity index (χ1) is 9.25. The van der Waals surface area contributed by atoms with Gasteiger partial charge in [0.15, 0.2) is 0 Å². The first-order valence-corrected chi connectivity index (χ1v) is 6.25. The Morgan fingerprint density at radius 1 is 1.26 bits per heavy atom. The Kier molecular flexibility index (Phi) is 3.00. The minimum absolute atomic E-state index is 0.0570. The number of nitrogens with zero attached hydrogens (tertiary/aromatic N) is 5. The highest BCUT2D eigenvalue weighted by Crippen LogP contribution is 2.20. The molecule has 3 aromatic heterocycles. The van der Waals surface area contributed by atoms with Crippen LogP contribution in [0.15, 0.2) is 37.2 Å². The number of nitrogens with two attached hydrogens (primary N) is 1. The van der Waals surface area contributed by atoms with E-state index in [1.54, 1.807) is 23.1 Å². The molecule has 1 unspecified atom stereocenters. The highest BCUT2D eigenvalue weighted by Gasteiger charge is 2.13. The number of fused-ring (bicyclic) bond motifs is 1. The Labute approximate surface area is 110 Å². The van der Waals surface area contributed by atoms with Crippen LogP contribution in [0.5, 0.6) is 0 Å². The molecule has 3 heterocycles. The van der Waals surface area contributed by atoms with Crippen LogP contribution in [0.3, 0.4) is 0 Å². The van der Waals surface area contributed by atoms with Gasteiger partial charge in [0, 0.05) is 49.9 Å².